The van der Waals surface area contributed by atoms with Crippen molar-refractivity contribution in [3.63, 3.8) is 0 Å². The van der Waals surface area contributed by atoms with Crippen molar-refractivity contribution in [1.29, 1.82) is 0 Å². The number of hydrogen-bond acceptors (Lipinski definition) is 2. The van der Waals surface area contributed by atoms with E-state index in [0.717, 1.165) is 12.5 Å². The van der Waals surface area contributed by atoms with Crippen molar-refractivity contribution < 1.29 is 0 Å². The fraction of sp³-hybridized carbons (Fsp3) is 0.474. The van der Waals surface area contributed by atoms with Gasteiger partial charge in [0.25, 0.3) is 0 Å². The molecule has 1 saturated carbocycles. The van der Waals surface area contributed by atoms with E-state index in [4.69, 9.17) is 0 Å². The summed E-state index contributed by atoms with van der Waals surface area (Å²) in [6, 6.07) is 12.2. The molecule has 0 N–H and O–H groups in total. The summed E-state index contributed by atoms with van der Waals surface area (Å²) in [6.45, 7) is 2.39. The number of thiophene rings is 1. The van der Waals surface area contributed by atoms with Gasteiger partial charge in [0.05, 0.1) is 0 Å². The minimum atomic E-state index is 0.646. The summed E-state index contributed by atoms with van der Waals surface area (Å²) < 4.78 is 0. The van der Waals surface area contributed by atoms with E-state index in [1.54, 1.807) is 26.4 Å². The van der Waals surface area contributed by atoms with Gasteiger partial charge < -0.3 is 0 Å². The summed E-state index contributed by atoms with van der Waals surface area (Å²) in [4.78, 5) is 6.05. The first kappa shape index (κ1) is 12.4. The summed E-state index contributed by atoms with van der Waals surface area (Å²) in [5.41, 5.74) is 4.78. The van der Waals surface area contributed by atoms with E-state index in [2.05, 4.69) is 46.6 Å². The molecule has 1 unspecified atom stereocenters. The molecule has 0 bridgehead atoms. The monoisotopic (exact) mass is 295 g/mol. The Bertz CT molecular complexity index is 683. The maximum absolute atomic E-state index is 2.71. The Morgan fingerprint density at radius 1 is 1.14 bits per heavy atom. The molecule has 0 radical (unpaired) electrons. The molecular formula is C19H21NS. The second-order valence-electron chi connectivity index (χ2n) is 6.95. The molecule has 5 rings (SSSR count). The van der Waals surface area contributed by atoms with Crippen molar-refractivity contribution >= 4 is 11.3 Å². The van der Waals surface area contributed by atoms with E-state index in [1.807, 2.05) is 0 Å². The molecule has 2 aromatic rings. The highest BCUT2D eigenvalue weighted by atomic mass is 32.1. The Morgan fingerprint density at radius 3 is 2.86 bits per heavy atom. The van der Waals surface area contributed by atoms with Crippen molar-refractivity contribution in [3.8, 4) is 0 Å². The Labute approximate surface area is 130 Å². The zero-order chi connectivity index (χ0) is 13.8. The largest absolute Gasteiger partial charge is 0.291 e. The molecule has 1 atom stereocenters. The van der Waals surface area contributed by atoms with Crippen LogP contribution in [-0.2, 0) is 25.8 Å². The van der Waals surface area contributed by atoms with E-state index in [0.29, 0.717) is 6.04 Å². The van der Waals surface area contributed by atoms with Crippen LogP contribution < -0.4 is 0 Å². The van der Waals surface area contributed by atoms with Crippen molar-refractivity contribution in [3.05, 3.63) is 56.8 Å². The zero-order valence-electron chi connectivity index (χ0n) is 12.3. The van der Waals surface area contributed by atoms with Gasteiger partial charge in [-0.2, -0.15) is 0 Å². The molecule has 3 aliphatic rings. The Kier molecular flexibility index (Phi) is 2.77. The van der Waals surface area contributed by atoms with Gasteiger partial charge in [-0.15, -0.1) is 11.3 Å². The van der Waals surface area contributed by atoms with E-state index in [9.17, 15) is 0 Å². The van der Waals surface area contributed by atoms with Gasteiger partial charge in [0.1, 0.15) is 0 Å². The fourth-order valence-electron chi connectivity index (χ4n) is 4.05. The number of rotatable bonds is 2. The molecule has 108 valence electrons. The molecule has 1 aliphatic carbocycles. The lowest BCUT2D eigenvalue weighted by molar-refractivity contribution is 0.162. The van der Waals surface area contributed by atoms with Crippen LogP contribution in [-0.4, -0.2) is 11.4 Å². The summed E-state index contributed by atoms with van der Waals surface area (Å²) in [6.07, 6.45) is 6.75. The van der Waals surface area contributed by atoms with Crippen LogP contribution in [0.25, 0.3) is 0 Å². The molecule has 1 aromatic heterocycles. The molecule has 1 fully saturated rings. The molecule has 21 heavy (non-hydrogen) atoms. The third-order valence-corrected chi connectivity index (χ3v) is 6.64. The van der Waals surface area contributed by atoms with Crippen LogP contribution in [0.4, 0.5) is 0 Å². The Balaban J connectivity index is 1.49. The molecular weight excluding hydrogens is 274 g/mol. The van der Waals surface area contributed by atoms with Crippen molar-refractivity contribution in [2.24, 2.45) is 5.92 Å². The average molecular weight is 295 g/mol. The molecule has 2 aliphatic heterocycles. The van der Waals surface area contributed by atoms with Crippen LogP contribution in [0.3, 0.4) is 0 Å². The zero-order valence-corrected chi connectivity index (χ0v) is 13.2. The topological polar surface area (TPSA) is 3.24 Å². The van der Waals surface area contributed by atoms with E-state index in [-0.39, 0.29) is 0 Å². The lowest BCUT2D eigenvalue weighted by Crippen LogP contribution is -2.38. The number of nitrogens with zero attached hydrogens (tertiary/aromatic N) is 1. The summed E-state index contributed by atoms with van der Waals surface area (Å²) in [7, 11) is 0. The average Bonchev–Trinajstić information content (AvgIpc) is 3.22. The van der Waals surface area contributed by atoms with Crippen LogP contribution in [0.5, 0.6) is 0 Å². The molecule has 0 saturated heterocycles. The molecule has 3 heterocycles. The standard InChI is InChI=1S/C19H21NS/c1-2-4-15-12-20-8-7-19-17(18(20)10-14(15)3-1)11-16(21-19)9-13-5-6-13/h1-4,11,13,18H,5-10,12H2. The number of benzene rings is 1. The first-order valence-corrected chi connectivity index (χ1v) is 9.11. The lowest BCUT2D eigenvalue weighted by atomic mass is 9.87. The van der Waals surface area contributed by atoms with Crippen LogP contribution in [0.15, 0.2) is 30.3 Å². The van der Waals surface area contributed by atoms with Crippen LogP contribution in [0, 0.1) is 5.92 Å². The highest BCUT2D eigenvalue weighted by Crippen LogP contribution is 2.43. The molecule has 1 aromatic carbocycles. The first-order chi connectivity index (χ1) is 10.4. The van der Waals surface area contributed by atoms with Gasteiger partial charge in [-0.05, 0) is 60.8 Å². The van der Waals surface area contributed by atoms with E-state index >= 15 is 0 Å². The normalized spacial score (nSPS) is 24.3. The van der Waals surface area contributed by atoms with Crippen LogP contribution in [0.2, 0.25) is 0 Å². The smallest absolute Gasteiger partial charge is 0.0403 e. The highest BCUT2D eigenvalue weighted by molar-refractivity contribution is 7.12. The van der Waals surface area contributed by atoms with Crippen molar-refractivity contribution in [2.45, 2.75) is 44.7 Å². The molecule has 2 heteroatoms. The predicted molar refractivity (Wildman–Crippen MR) is 87.7 cm³/mol. The second-order valence-corrected chi connectivity index (χ2v) is 8.17. The number of fused-ring (bicyclic) bond motifs is 4. The van der Waals surface area contributed by atoms with Crippen LogP contribution >= 0.6 is 11.3 Å². The van der Waals surface area contributed by atoms with Gasteiger partial charge in [-0.1, -0.05) is 24.3 Å². The van der Waals surface area contributed by atoms with Gasteiger partial charge in [0, 0.05) is 28.9 Å². The molecule has 0 spiro atoms. The van der Waals surface area contributed by atoms with Crippen molar-refractivity contribution in [1.82, 2.24) is 4.90 Å². The second kappa shape index (κ2) is 4.69. The highest BCUT2D eigenvalue weighted by Gasteiger charge is 2.33. The number of hydrogen-bond donors (Lipinski definition) is 0. The van der Waals surface area contributed by atoms with Gasteiger partial charge in [-0.3, -0.25) is 4.90 Å². The third kappa shape index (κ3) is 2.16. The molecule has 0 amide bonds. The minimum Gasteiger partial charge on any atom is -0.291 e. The van der Waals surface area contributed by atoms with Crippen LogP contribution in [0.1, 0.15) is 45.3 Å². The van der Waals surface area contributed by atoms with Gasteiger partial charge in [0.2, 0.25) is 0 Å². The first-order valence-electron chi connectivity index (χ1n) is 8.29. The minimum absolute atomic E-state index is 0.646. The summed E-state index contributed by atoms with van der Waals surface area (Å²) in [5, 5.41) is 0. The van der Waals surface area contributed by atoms with Gasteiger partial charge in [-0.25, -0.2) is 0 Å². The van der Waals surface area contributed by atoms with E-state index in [1.165, 1.54) is 38.6 Å². The van der Waals surface area contributed by atoms with Gasteiger partial charge in [0.15, 0.2) is 0 Å². The quantitative estimate of drug-likeness (QED) is 0.796. The Morgan fingerprint density at radius 2 is 2.00 bits per heavy atom. The Hall–Kier alpha value is -1.12. The van der Waals surface area contributed by atoms with E-state index < -0.39 is 0 Å². The lowest BCUT2D eigenvalue weighted by Gasteiger charge is -2.40. The molecule has 1 nitrogen and oxygen atoms in total. The maximum atomic E-state index is 2.71. The third-order valence-electron chi connectivity index (χ3n) is 5.41. The van der Waals surface area contributed by atoms with Crippen molar-refractivity contribution in [2.75, 3.05) is 6.54 Å². The fourth-order valence-corrected chi connectivity index (χ4v) is 5.38. The summed E-state index contributed by atoms with van der Waals surface area (Å²) >= 11 is 2.11. The SMILES string of the molecule is c1ccc2c(c1)CC1c3cc(CC4CC4)sc3CCN1C2. The predicted octanol–water partition coefficient (Wildman–Crippen LogP) is 4.36. The van der Waals surface area contributed by atoms with Gasteiger partial charge >= 0.3 is 0 Å². The maximum Gasteiger partial charge on any atom is 0.0403 e. The summed E-state index contributed by atoms with van der Waals surface area (Å²) in [5.74, 6) is 1.01.